The molecule has 0 aliphatic carbocycles. The Morgan fingerprint density at radius 1 is 0.923 bits per heavy atom. The van der Waals surface area contributed by atoms with Gasteiger partial charge in [-0.25, -0.2) is 0 Å². The zero-order valence-electron chi connectivity index (χ0n) is 15.4. The molecule has 0 saturated carbocycles. The summed E-state index contributed by atoms with van der Waals surface area (Å²) < 4.78 is 10.8. The highest BCUT2D eigenvalue weighted by Crippen LogP contribution is 2.34. The van der Waals surface area contributed by atoms with Gasteiger partial charge < -0.3 is 20.1 Å². The molecule has 142 valence electrons. The number of hydrogen-bond donors (Lipinski definition) is 2. The lowest BCUT2D eigenvalue weighted by Crippen LogP contribution is -2.16. The molecule has 2 aliphatic rings. The van der Waals surface area contributed by atoms with Gasteiger partial charge in [-0.1, -0.05) is 47.5 Å². The number of benzene rings is 2. The van der Waals surface area contributed by atoms with E-state index in [9.17, 15) is 0 Å². The minimum atomic E-state index is 0.165. The average molecular weight is 397 g/mol. The molecule has 2 aromatic carbocycles. The van der Waals surface area contributed by atoms with Crippen molar-refractivity contribution in [1.82, 2.24) is 10.6 Å². The minimum absolute atomic E-state index is 0.165. The molecule has 2 heterocycles. The first-order valence-corrected chi connectivity index (χ1v) is 9.33. The van der Waals surface area contributed by atoms with Crippen molar-refractivity contribution in [2.75, 3.05) is 27.7 Å². The molecule has 0 radical (unpaired) electrons. The van der Waals surface area contributed by atoms with Crippen LogP contribution in [0.5, 0.6) is 0 Å². The third-order valence-electron chi connectivity index (χ3n) is 4.04. The van der Waals surface area contributed by atoms with Crippen LogP contribution in [0.3, 0.4) is 0 Å². The van der Waals surface area contributed by atoms with E-state index in [1.165, 1.54) is 11.1 Å². The predicted molar refractivity (Wildman–Crippen MR) is 108 cm³/mol. The van der Waals surface area contributed by atoms with Crippen LogP contribution in [0.2, 0.25) is 10.0 Å². The quantitative estimate of drug-likeness (QED) is 0.792. The highest BCUT2D eigenvalue weighted by atomic mass is 35.5. The van der Waals surface area contributed by atoms with E-state index in [1.807, 2.05) is 51.5 Å². The van der Waals surface area contributed by atoms with Crippen molar-refractivity contribution >= 4 is 23.2 Å². The Balaban J connectivity index is 0.000000167. The second-order valence-corrected chi connectivity index (χ2v) is 6.85. The fourth-order valence-electron chi connectivity index (χ4n) is 2.82. The summed E-state index contributed by atoms with van der Waals surface area (Å²) in [5, 5.41) is 7.50. The largest absolute Gasteiger partial charge is 0.372 e. The Morgan fingerprint density at radius 3 is 2.23 bits per heavy atom. The molecule has 0 bridgehead atoms. The number of likely N-dealkylation sites (N-methyl/N-ethyl adjacent to an activating group) is 1. The van der Waals surface area contributed by atoms with Gasteiger partial charge in [-0.3, -0.25) is 0 Å². The molecule has 26 heavy (non-hydrogen) atoms. The fraction of sp³-hybridized carbons (Fsp3) is 0.400. The van der Waals surface area contributed by atoms with Gasteiger partial charge in [0.05, 0.1) is 25.9 Å². The molecule has 0 aromatic heterocycles. The summed E-state index contributed by atoms with van der Waals surface area (Å²) >= 11 is 11.9. The lowest BCUT2D eigenvalue weighted by Gasteiger charge is -2.09. The summed E-state index contributed by atoms with van der Waals surface area (Å²) in [7, 11) is 5.67. The maximum absolute atomic E-state index is 6.03. The van der Waals surface area contributed by atoms with E-state index in [4.69, 9.17) is 32.7 Å². The van der Waals surface area contributed by atoms with E-state index in [0.29, 0.717) is 13.2 Å². The Kier molecular flexibility index (Phi) is 8.85. The molecule has 2 aliphatic heterocycles. The third-order valence-corrected chi connectivity index (χ3v) is 4.75. The Bertz CT molecular complexity index is 710. The first-order valence-electron chi connectivity index (χ1n) is 8.58. The lowest BCUT2D eigenvalue weighted by atomic mass is 10.1. The molecule has 2 aromatic rings. The molecule has 0 fully saturated rings. The highest BCUT2D eigenvalue weighted by Gasteiger charge is 2.23. The molecular weight excluding hydrogens is 371 g/mol. The van der Waals surface area contributed by atoms with Crippen molar-refractivity contribution in [1.29, 1.82) is 0 Å². The standard InChI is InChI=1S/C10H12ClNO.C8H7ClO.C2H7N/c1-12-5-10-7-3-2-4-9(11)8(7)6-13-10;9-8-3-1-2-6-4-10-5-7(6)8;1-3-2/h2-4,10,12H,5-6H2,1H3;1-3H,4-5H2;3H,1-2H3. The zero-order valence-corrected chi connectivity index (χ0v) is 17.0. The second kappa shape index (κ2) is 10.9. The molecule has 2 N–H and O–H groups in total. The SMILES string of the molecule is CNC.CNCC1OCc2c(Cl)cccc21.Clc1cccc2c1COC2. The van der Waals surface area contributed by atoms with Crippen LogP contribution in [0.4, 0.5) is 0 Å². The number of fused-ring (bicyclic) bond motifs is 2. The van der Waals surface area contributed by atoms with Gasteiger partial charge in [0.15, 0.2) is 0 Å². The Labute approximate surface area is 165 Å². The number of halogens is 2. The average Bonchev–Trinajstić information content (AvgIpc) is 3.26. The van der Waals surface area contributed by atoms with Gasteiger partial charge in [-0.05, 0) is 44.4 Å². The number of rotatable bonds is 2. The molecule has 0 spiro atoms. The van der Waals surface area contributed by atoms with Crippen LogP contribution < -0.4 is 10.6 Å². The zero-order chi connectivity index (χ0) is 18.9. The van der Waals surface area contributed by atoms with Crippen LogP contribution in [0, 0.1) is 0 Å². The lowest BCUT2D eigenvalue weighted by molar-refractivity contribution is 0.0675. The maximum atomic E-state index is 6.03. The van der Waals surface area contributed by atoms with Crippen LogP contribution in [0.15, 0.2) is 36.4 Å². The van der Waals surface area contributed by atoms with Crippen LogP contribution in [-0.2, 0) is 29.3 Å². The van der Waals surface area contributed by atoms with E-state index in [1.54, 1.807) is 0 Å². The molecular formula is C20H26Cl2N2O2. The molecule has 4 nitrogen and oxygen atoms in total. The van der Waals surface area contributed by atoms with Gasteiger partial charge in [0.25, 0.3) is 0 Å². The Hall–Kier alpha value is -1.14. The van der Waals surface area contributed by atoms with Crippen LogP contribution in [0.1, 0.15) is 28.4 Å². The van der Waals surface area contributed by atoms with Crippen molar-refractivity contribution in [3.05, 3.63) is 68.7 Å². The first-order chi connectivity index (χ1) is 12.6. The van der Waals surface area contributed by atoms with Gasteiger partial charge in [0.1, 0.15) is 0 Å². The third kappa shape index (κ3) is 5.43. The van der Waals surface area contributed by atoms with Crippen LogP contribution >= 0.6 is 23.2 Å². The van der Waals surface area contributed by atoms with Crippen molar-refractivity contribution in [3.8, 4) is 0 Å². The van der Waals surface area contributed by atoms with Gasteiger partial charge in [0.2, 0.25) is 0 Å². The Morgan fingerprint density at radius 2 is 1.58 bits per heavy atom. The summed E-state index contributed by atoms with van der Waals surface area (Å²) in [6.07, 6.45) is 0.165. The van der Waals surface area contributed by atoms with E-state index in [2.05, 4.69) is 16.7 Å². The number of ether oxygens (including phenoxy) is 2. The number of hydrogen-bond acceptors (Lipinski definition) is 4. The van der Waals surface area contributed by atoms with E-state index in [-0.39, 0.29) is 6.10 Å². The van der Waals surface area contributed by atoms with Crippen molar-refractivity contribution in [2.24, 2.45) is 0 Å². The van der Waals surface area contributed by atoms with Gasteiger partial charge in [-0.2, -0.15) is 0 Å². The second-order valence-electron chi connectivity index (χ2n) is 6.04. The molecule has 1 unspecified atom stereocenters. The summed E-state index contributed by atoms with van der Waals surface area (Å²) in [6, 6.07) is 11.9. The topological polar surface area (TPSA) is 42.5 Å². The monoisotopic (exact) mass is 396 g/mol. The van der Waals surface area contributed by atoms with E-state index in [0.717, 1.165) is 34.3 Å². The van der Waals surface area contributed by atoms with Crippen molar-refractivity contribution < 1.29 is 9.47 Å². The van der Waals surface area contributed by atoms with E-state index < -0.39 is 0 Å². The molecule has 6 heteroatoms. The highest BCUT2D eigenvalue weighted by molar-refractivity contribution is 6.31. The normalized spacial score (nSPS) is 16.7. The van der Waals surface area contributed by atoms with Crippen LogP contribution in [-0.4, -0.2) is 27.7 Å². The van der Waals surface area contributed by atoms with Gasteiger partial charge in [0, 0.05) is 27.7 Å². The first kappa shape index (κ1) is 21.2. The summed E-state index contributed by atoms with van der Waals surface area (Å²) in [5.74, 6) is 0. The van der Waals surface area contributed by atoms with Crippen molar-refractivity contribution in [2.45, 2.75) is 25.9 Å². The molecule has 0 saturated heterocycles. The van der Waals surface area contributed by atoms with E-state index >= 15 is 0 Å². The molecule has 0 amide bonds. The molecule has 4 rings (SSSR count). The predicted octanol–water partition coefficient (Wildman–Crippen LogP) is 4.34. The van der Waals surface area contributed by atoms with Gasteiger partial charge >= 0.3 is 0 Å². The minimum Gasteiger partial charge on any atom is -0.372 e. The fourth-order valence-corrected chi connectivity index (χ4v) is 3.31. The number of nitrogens with one attached hydrogen (secondary N) is 2. The maximum Gasteiger partial charge on any atom is 0.0957 e. The molecule has 1 atom stereocenters. The van der Waals surface area contributed by atoms with Gasteiger partial charge in [-0.15, -0.1) is 0 Å². The summed E-state index contributed by atoms with van der Waals surface area (Å²) in [4.78, 5) is 0. The van der Waals surface area contributed by atoms with Crippen molar-refractivity contribution in [3.63, 3.8) is 0 Å². The summed E-state index contributed by atoms with van der Waals surface area (Å²) in [5.41, 5.74) is 4.75. The smallest absolute Gasteiger partial charge is 0.0957 e. The summed E-state index contributed by atoms with van der Waals surface area (Å²) in [6.45, 7) is 2.87. The van der Waals surface area contributed by atoms with Crippen LogP contribution in [0.25, 0.3) is 0 Å².